The maximum atomic E-state index is 5.93. The number of piperidine rings is 1. The van der Waals surface area contributed by atoms with Gasteiger partial charge in [-0.25, -0.2) is 9.98 Å². The van der Waals surface area contributed by atoms with E-state index in [4.69, 9.17) is 14.5 Å². The lowest BCUT2D eigenvalue weighted by Gasteiger charge is -2.34. The van der Waals surface area contributed by atoms with E-state index in [0.717, 1.165) is 63.8 Å². The maximum Gasteiger partial charge on any atom is 0.194 e. The van der Waals surface area contributed by atoms with Gasteiger partial charge < -0.3 is 19.7 Å². The molecule has 0 aliphatic carbocycles. The monoisotopic (exact) mass is 482 g/mol. The minimum Gasteiger partial charge on any atom is -0.385 e. The van der Waals surface area contributed by atoms with Gasteiger partial charge in [-0.1, -0.05) is 0 Å². The summed E-state index contributed by atoms with van der Waals surface area (Å²) in [6.07, 6.45) is 3.44. The van der Waals surface area contributed by atoms with Crippen LogP contribution in [0.3, 0.4) is 0 Å². The first-order valence-corrected chi connectivity index (χ1v) is 9.65. The van der Waals surface area contributed by atoms with Crippen molar-refractivity contribution in [1.82, 2.24) is 15.2 Å². The van der Waals surface area contributed by atoms with Gasteiger partial charge in [-0.05, 0) is 33.1 Å². The van der Waals surface area contributed by atoms with Gasteiger partial charge in [-0.2, -0.15) is 0 Å². The molecule has 0 atom stereocenters. The number of nitrogens with zero attached hydrogens (tertiary/aromatic N) is 3. The number of hydrogen-bond donors (Lipinski definition) is 1. The summed E-state index contributed by atoms with van der Waals surface area (Å²) >= 11 is 1.67. The van der Waals surface area contributed by atoms with Gasteiger partial charge in [0.25, 0.3) is 0 Å². The molecule has 25 heavy (non-hydrogen) atoms. The molecule has 0 spiro atoms. The van der Waals surface area contributed by atoms with Crippen LogP contribution in [0.5, 0.6) is 0 Å². The van der Waals surface area contributed by atoms with Crippen LogP contribution in [0.25, 0.3) is 0 Å². The molecule has 0 radical (unpaired) electrons. The molecule has 0 saturated carbocycles. The fourth-order valence-electron chi connectivity index (χ4n) is 2.74. The Morgan fingerprint density at radius 3 is 2.76 bits per heavy atom. The fraction of sp³-hybridized carbons (Fsp3) is 0.765. The van der Waals surface area contributed by atoms with E-state index in [1.54, 1.807) is 18.4 Å². The third kappa shape index (κ3) is 7.76. The third-order valence-electron chi connectivity index (χ3n) is 4.14. The van der Waals surface area contributed by atoms with E-state index in [2.05, 4.69) is 22.1 Å². The number of aliphatic imine (C=N–C) groups is 1. The number of halogens is 1. The van der Waals surface area contributed by atoms with Gasteiger partial charge in [-0.3, -0.25) is 0 Å². The number of aromatic nitrogens is 1. The lowest BCUT2D eigenvalue weighted by atomic mass is 10.1. The van der Waals surface area contributed by atoms with Gasteiger partial charge in [0.15, 0.2) is 5.96 Å². The van der Waals surface area contributed by atoms with Gasteiger partial charge in [-0.15, -0.1) is 35.3 Å². The van der Waals surface area contributed by atoms with E-state index in [9.17, 15) is 0 Å². The van der Waals surface area contributed by atoms with Gasteiger partial charge in [0.1, 0.15) is 0 Å². The molecule has 0 bridgehead atoms. The largest absolute Gasteiger partial charge is 0.385 e. The van der Waals surface area contributed by atoms with E-state index >= 15 is 0 Å². The number of likely N-dealkylation sites (tertiary alicyclic amines) is 1. The molecule has 0 amide bonds. The summed E-state index contributed by atoms with van der Waals surface area (Å²) in [6.45, 7) is 9.27. The second-order valence-electron chi connectivity index (χ2n) is 5.93. The average Bonchev–Trinajstić information content (AvgIpc) is 3.01. The van der Waals surface area contributed by atoms with Crippen molar-refractivity contribution in [3.05, 3.63) is 16.1 Å². The predicted octanol–water partition coefficient (Wildman–Crippen LogP) is 3.05. The molecule has 1 aliphatic rings. The third-order valence-corrected chi connectivity index (χ3v) is 5.06. The van der Waals surface area contributed by atoms with Crippen molar-refractivity contribution in [2.24, 2.45) is 4.99 Å². The molecule has 144 valence electrons. The Morgan fingerprint density at radius 2 is 2.16 bits per heavy atom. The van der Waals surface area contributed by atoms with Crippen LogP contribution in [-0.2, 0) is 16.0 Å². The van der Waals surface area contributed by atoms with E-state index in [1.807, 2.05) is 12.4 Å². The normalized spacial score (nSPS) is 16.0. The van der Waals surface area contributed by atoms with Crippen molar-refractivity contribution in [1.29, 1.82) is 0 Å². The predicted molar refractivity (Wildman–Crippen MR) is 114 cm³/mol. The zero-order chi connectivity index (χ0) is 17.2. The van der Waals surface area contributed by atoms with E-state index < -0.39 is 0 Å². The van der Waals surface area contributed by atoms with Gasteiger partial charge in [0.05, 0.1) is 23.9 Å². The number of rotatable bonds is 8. The second kappa shape index (κ2) is 12.8. The summed E-state index contributed by atoms with van der Waals surface area (Å²) < 4.78 is 11.0. The summed E-state index contributed by atoms with van der Waals surface area (Å²) in [5, 5.41) is 3.41. The van der Waals surface area contributed by atoms with Crippen molar-refractivity contribution < 1.29 is 9.47 Å². The number of methoxy groups -OCH3 is 1. The Morgan fingerprint density at radius 1 is 1.40 bits per heavy atom. The summed E-state index contributed by atoms with van der Waals surface area (Å²) in [5.74, 6) is 1.00. The van der Waals surface area contributed by atoms with Crippen molar-refractivity contribution in [2.45, 2.75) is 45.8 Å². The van der Waals surface area contributed by atoms with Crippen LogP contribution >= 0.6 is 35.3 Å². The molecule has 1 aromatic rings. The molecule has 1 fully saturated rings. The Kier molecular flexibility index (Phi) is 11.6. The molecular weight excluding hydrogens is 451 g/mol. The molecule has 8 heteroatoms. The van der Waals surface area contributed by atoms with Gasteiger partial charge in [0.2, 0.25) is 0 Å². The summed E-state index contributed by atoms with van der Waals surface area (Å²) in [6, 6.07) is 0. The van der Waals surface area contributed by atoms with E-state index in [-0.39, 0.29) is 24.0 Å². The zero-order valence-corrected chi connectivity index (χ0v) is 18.6. The summed E-state index contributed by atoms with van der Waals surface area (Å²) in [7, 11) is 1.73. The number of guanidine groups is 1. The average molecular weight is 482 g/mol. The Bertz CT molecular complexity index is 505. The number of nitrogens with one attached hydrogen (secondary N) is 1. The lowest BCUT2D eigenvalue weighted by Crippen LogP contribution is -2.47. The standard InChI is InChI=1S/C17H30N4O2S.HI/c1-4-18-17(19-12-16-14(2)20-13-24-16)21-8-6-15(7-9-21)23-11-5-10-22-3;/h13,15H,4-12H2,1-3H3,(H,18,19);1H. The Balaban J connectivity index is 0.00000312. The Hall–Kier alpha value is -0.450. The Labute approximate surface area is 172 Å². The summed E-state index contributed by atoms with van der Waals surface area (Å²) in [4.78, 5) is 12.7. The van der Waals surface area contributed by atoms with Crippen LogP contribution in [-0.4, -0.2) is 61.9 Å². The smallest absolute Gasteiger partial charge is 0.194 e. The summed E-state index contributed by atoms with van der Waals surface area (Å²) in [5.41, 5.74) is 2.97. The molecular formula is C17H31IN4O2S. The number of aryl methyl sites for hydroxylation is 1. The highest BCUT2D eigenvalue weighted by Crippen LogP contribution is 2.16. The van der Waals surface area contributed by atoms with Gasteiger partial charge in [0, 0.05) is 44.8 Å². The number of hydrogen-bond acceptors (Lipinski definition) is 5. The molecule has 1 N–H and O–H groups in total. The topological polar surface area (TPSA) is 59.0 Å². The number of thiazole rings is 1. The van der Waals surface area contributed by atoms with Crippen molar-refractivity contribution in [3.8, 4) is 0 Å². The first kappa shape index (κ1) is 22.6. The fourth-order valence-corrected chi connectivity index (χ4v) is 3.44. The SMILES string of the molecule is CCNC(=NCc1scnc1C)N1CCC(OCCCOC)CC1.I. The van der Waals surface area contributed by atoms with Crippen LogP contribution in [0.2, 0.25) is 0 Å². The minimum atomic E-state index is 0. The first-order chi connectivity index (χ1) is 11.7. The molecule has 6 nitrogen and oxygen atoms in total. The molecule has 1 saturated heterocycles. The minimum absolute atomic E-state index is 0. The highest BCUT2D eigenvalue weighted by Gasteiger charge is 2.21. The zero-order valence-electron chi connectivity index (χ0n) is 15.5. The first-order valence-electron chi connectivity index (χ1n) is 8.77. The molecule has 0 unspecified atom stereocenters. The van der Waals surface area contributed by atoms with Crippen LogP contribution in [0.1, 0.15) is 36.8 Å². The van der Waals surface area contributed by atoms with Crippen molar-refractivity contribution in [2.75, 3.05) is 40.0 Å². The van der Waals surface area contributed by atoms with Crippen molar-refractivity contribution >= 4 is 41.3 Å². The van der Waals surface area contributed by atoms with Crippen LogP contribution < -0.4 is 5.32 Å². The molecule has 2 heterocycles. The molecule has 0 aromatic carbocycles. The van der Waals surface area contributed by atoms with Crippen LogP contribution in [0.4, 0.5) is 0 Å². The van der Waals surface area contributed by atoms with Crippen molar-refractivity contribution in [3.63, 3.8) is 0 Å². The van der Waals surface area contributed by atoms with E-state index in [1.165, 1.54) is 4.88 Å². The highest BCUT2D eigenvalue weighted by atomic mass is 127. The maximum absolute atomic E-state index is 5.93. The highest BCUT2D eigenvalue weighted by molar-refractivity contribution is 14.0. The molecule has 1 aromatic heterocycles. The second-order valence-corrected chi connectivity index (χ2v) is 6.87. The number of ether oxygens (including phenoxy) is 2. The van der Waals surface area contributed by atoms with E-state index in [0.29, 0.717) is 12.6 Å². The molecule has 1 aliphatic heterocycles. The quantitative estimate of drug-likeness (QED) is 0.267. The molecule has 2 rings (SSSR count). The van der Waals surface area contributed by atoms with Crippen LogP contribution in [0.15, 0.2) is 10.5 Å². The van der Waals surface area contributed by atoms with Crippen LogP contribution in [0, 0.1) is 6.92 Å². The van der Waals surface area contributed by atoms with Gasteiger partial charge >= 0.3 is 0 Å². The lowest BCUT2D eigenvalue weighted by molar-refractivity contribution is 0.00990.